The molecule has 0 aromatic heterocycles. The second kappa shape index (κ2) is 10.7. The lowest BCUT2D eigenvalue weighted by Gasteiger charge is -2.02. The molecule has 1 heteroatoms. The minimum atomic E-state index is 1.05. The van der Waals surface area contributed by atoms with Crippen LogP contribution in [0.15, 0.2) is 30.3 Å². The van der Waals surface area contributed by atoms with Crippen molar-refractivity contribution in [1.82, 2.24) is 0 Å². The SMILES string of the molecule is SCCCCCCCCCCc1ccccc1. The Morgan fingerprint density at radius 3 is 1.76 bits per heavy atom. The minimum Gasteiger partial charge on any atom is -0.179 e. The average Bonchev–Trinajstić information content (AvgIpc) is 2.38. The summed E-state index contributed by atoms with van der Waals surface area (Å²) in [7, 11) is 0. The van der Waals surface area contributed by atoms with E-state index in [1.165, 1.54) is 63.4 Å². The van der Waals surface area contributed by atoms with Gasteiger partial charge in [0.25, 0.3) is 0 Å². The zero-order chi connectivity index (χ0) is 12.2. The van der Waals surface area contributed by atoms with E-state index >= 15 is 0 Å². The molecule has 0 nitrogen and oxygen atoms in total. The summed E-state index contributed by atoms with van der Waals surface area (Å²) >= 11 is 4.23. The van der Waals surface area contributed by atoms with Crippen molar-refractivity contribution >= 4 is 12.6 Å². The van der Waals surface area contributed by atoms with E-state index in [1.807, 2.05) is 0 Å². The smallest absolute Gasteiger partial charge is 0.00979 e. The molecule has 0 bridgehead atoms. The molecule has 0 spiro atoms. The molecule has 1 aromatic rings. The summed E-state index contributed by atoms with van der Waals surface area (Å²) < 4.78 is 0. The van der Waals surface area contributed by atoms with Crippen LogP contribution in [-0.4, -0.2) is 5.75 Å². The molecule has 0 aliphatic rings. The minimum absolute atomic E-state index is 1.05. The molecule has 0 fully saturated rings. The van der Waals surface area contributed by atoms with Gasteiger partial charge in [-0.05, 0) is 30.6 Å². The van der Waals surface area contributed by atoms with E-state index in [2.05, 4.69) is 43.0 Å². The lowest BCUT2D eigenvalue weighted by Crippen LogP contribution is -1.86. The molecule has 0 saturated carbocycles. The number of aryl methyl sites for hydroxylation is 1. The fourth-order valence-corrected chi connectivity index (χ4v) is 2.37. The quantitative estimate of drug-likeness (QED) is 0.424. The third-order valence-electron chi connectivity index (χ3n) is 3.22. The van der Waals surface area contributed by atoms with Crippen molar-refractivity contribution < 1.29 is 0 Å². The third kappa shape index (κ3) is 8.31. The second-order valence-electron chi connectivity index (χ2n) is 4.79. The fourth-order valence-electron chi connectivity index (χ4n) is 2.15. The van der Waals surface area contributed by atoms with E-state index in [1.54, 1.807) is 0 Å². The molecule has 0 N–H and O–H groups in total. The molecule has 1 rings (SSSR count). The summed E-state index contributed by atoms with van der Waals surface area (Å²) in [5.74, 6) is 1.05. The number of benzene rings is 1. The summed E-state index contributed by atoms with van der Waals surface area (Å²) in [4.78, 5) is 0. The van der Waals surface area contributed by atoms with Crippen LogP contribution >= 0.6 is 12.6 Å². The Morgan fingerprint density at radius 1 is 0.647 bits per heavy atom. The van der Waals surface area contributed by atoms with Gasteiger partial charge in [0.1, 0.15) is 0 Å². The van der Waals surface area contributed by atoms with Crippen molar-refractivity contribution in [2.45, 2.75) is 57.8 Å². The van der Waals surface area contributed by atoms with Gasteiger partial charge >= 0.3 is 0 Å². The van der Waals surface area contributed by atoms with Gasteiger partial charge in [0.15, 0.2) is 0 Å². The topological polar surface area (TPSA) is 0 Å². The molecule has 0 unspecified atom stereocenters. The summed E-state index contributed by atoms with van der Waals surface area (Å²) in [6, 6.07) is 10.8. The molecule has 0 radical (unpaired) electrons. The van der Waals surface area contributed by atoms with Crippen LogP contribution in [0.4, 0.5) is 0 Å². The van der Waals surface area contributed by atoms with Crippen LogP contribution in [0.2, 0.25) is 0 Å². The van der Waals surface area contributed by atoms with Gasteiger partial charge in [-0.2, -0.15) is 12.6 Å². The normalized spacial score (nSPS) is 10.6. The van der Waals surface area contributed by atoms with Gasteiger partial charge < -0.3 is 0 Å². The highest BCUT2D eigenvalue weighted by Crippen LogP contribution is 2.11. The van der Waals surface area contributed by atoms with Crippen molar-refractivity contribution in [1.29, 1.82) is 0 Å². The van der Waals surface area contributed by atoms with E-state index in [0.29, 0.717) is 0 Å². The monoisotopic (exact) mass is 250 g/mol. The summed E-state index contributed by atoms with van der Waals surface area (Å²) in [6.45, 7) is 0. The maximum absolute atomic E-state index is 4.23. The van der Waals surface area contributed by atoms with Gasteiger partial charge in [-0.3, -0.25) is 0 Å². The van der Waals surface area contributed by atoms with Gasteiger partial charge in [-0.25, -0.2) is 0 Å². The molecule has 96 valence electrons. The van der Waals surface area contributed by atoms with Crippen LogP contribution in [0.25, 0.3) is 0 Å². The molecule has 0 aliphatic carbocycles. The molecule has 1 aromatic carbocycles. The van der Waals surface area contributed by atoms with Gasteiger partial charge in [0.2, 0.25) is 0 Å². The van der Waals surface area contributed by atoms with Crippen LogP contribution in [0.5, 0.6) is 0 Å². The largest absolute Gasteiger partial charge is 0.179 e. The van der Waals surface area contributed by atoms with Gasteiger partial charge in [0.05, 0.1) is 0 Å². The maximum atomic E-state index is 4.23. The van der Waals surface area contributed by atoms with Crippen LogP contribution < -0.4 is 0 Å². The zero-order valence-corrected chi connectivity index (χ0v) is 11.8. The highest BCUT2D eigenvalue weighted by atomic mass is 32.1. The molecule has 17 heavy (non-hydrogen) atoms. The first kappa shape index (κ1) is 14.6. The standard InChI is InChI=1S/C16H26S/c17-15-11-6-4-2-1-3-5-8-12-16-13-9-7-10-14-16/h7,9-10,13-14,17H,1-6,8,11-12,15H2. The maximum Gasteiger partial charge on any atom is -0.00979 e. The first-order valence-corrected chi connectivity index (χ1v) is 7.71. The Bertz CT molecular complexity index is 255. The summed E-state index contributed by atoms with van der Waals surface area (Å²) in [5, 5.41) is 0. The van der Waals surface area contributed by atoms with Gasteiger partial charge in [0, 0.05) is 0 Å². The Kier molecular flexibility index (Phi) is 9.21. The molecule has 0 heterocycles. The predicted octanol–water partition coefficient (Wildman–Crippen LogP) is 5.28. The van der Waals surface area contributed by atoms with Crippen LogP contribution in [-0.2, 0) is 6.42 Å². The predicted molar refractivity (Wildman–Crippen MR) is 80.9 cm³/mol. The van der Waals surface area contributed by atoms with Crippen molar-refractivity contribution in [2.24, 2.45) is 0 Å². The lowest BCUT2D eigenvalue weighted by molar-refractivity contribution is 0.577. The van der Waals surface area contributed by atoms with E-state index in [-0.39, 0.29) is 0 Å². The molecule has 0 amide bonds. The van der Waals surface area contributed by atoms with Crippen molar-refractivity contribution in [2.75, 3.05) is 5.75 Å². The highest BCUT2D eigenvalue weighted by molar-refractivity contribution is 7.80. The van der Waals surface area contributed by atoms with Crippen molar-refractivity contribution in [3.63, 3.8) is 0 Å². The third-order valence-corrected chi connectivity index (χ3v) is 3.53. The van der Waals surface area contributed by atoms with Crippen LogP contribution in [0.1, 0.15) is 56.9 Å². The first-order valence-electron chi connectivity index (χ1n) is 7.08. The van der Waals surface area contributed by atoms with E-state index < -0.39 is 0 Å². The molecule has 0 atom stereocenters. The van der Waals surface area contributed by atoms with Gasteiger partial charge in [-0.15, -0.1) is 0 Å². The zero-order valence-electron chi connectivity index (χ0n) is 10.9. The number of unbranched alkanes of at least 4 members (excludes halogenated alkanes) is 7. The number of thiol groups is 1. The van der Waals surface area contributed by atoms with E-state index in [0.717, 1.165) is 5.75 Å². The van der Waals surface area contributed by atoms with Crippen molar-refractivity contribution in [3.05, 3.63) is 35.9 Å². The molecular weight excluding hydrogens is 224 g/mol. The average molecular weight is 250 g/mol. The van der Waals surface area contributed by atoms with E-state index in [9.17, 15) is 0 Å². The first-order chi connectivity index (χ1) is 8.43. The lowest BCUT2D eigenvalue weighted by atomic mass is 10.0. The molecule has 0 aliphatic heterocycles. The Hall–Kier alpha value is -0.430. The number of rotatable bonds is 10. The Labute approximate surface area is 112 Å². The number of hydrogen-bond acceptors (Lipinski definition) is 1. The summed E-state index contributed by atoms with van der Waals surface area (Å²) in [5.41, 5.74) is 1.49. The Balaban J connectivity index is 1.85. The van der Waals surface area contributed by atoms with Gasteiger partial charge in [-0.1, -0.05) is 68.9 Å². The van der Waals surface area contributed by atoms with Crippen molar-refractivity contribution in [3.8, 4) is 0 Å². The summed E-state index contributed by atoms with van der Waals surface area (Å²) in [6.07, 6.45) is 12.3. The highest BCUT2D eigenvalue weighted by Gasteiger charge is 1.93. The number of hydrogen-bond donors (Lipinski definition) is 1. The van der Waals surface area contributed by atoms with Crippen LogP contribution in [0, 0.1) is 0 Å². The fraction of sp³-hybridized carbons (Fsp3) is 0.625. The Morgan fingerprint density at radius 2 is 1.18 bits per heavy atom. The molecular formula is C16H26S. The van der Waals surface area contributed by atoms with Crippen LogP contribution in [0.3, 0.4) is 0 Å². The van der Waals surface area contributed by atoms with E-state index in [4.69, 9.17) is 0 Å². The second-order valence-corrected chi connectivity index (χ2v) is 5.23. The molecule has 0 saturated heterocycles.